The van der Waals surface area contributed by atoms with Gasteiger partial charge in [-0.15, -0.1) is 0 Å². The number of pyridine rings is 1. The molecule has 3 atom stereocenters. The molecule has 2 aromatic carbocycles. The number of alkyl halides is 3. The first kappa shape index (κ1) is 29.2. The Kier molecular flexibility index (Phi) is 8.55. The molecule has 0 bridgehead atoms. The Bertz CT molecular complexity index is 1470. The largest absolute Gasteiger partial charge is 0.491 e. The van der Waals surface area contributed by atoms with Crippen LogP contribution in [0.15, 0.2) is 59.5 Å². The normalized spacial score (nSPS) is 16.4. The predicted molar refractivity (Wildman–Crippen MR) is 144 cm³/mol. The SMILES string of the molecule is COC(C)CC(C(=O)Nc1ccc(C(N)=O)cc1)n1cc2c(cc1=O)-c1cc(Cl)ccc1CC(C(F)(F)F)CO2. The van der Waals surface area contributed by atoms with Gasteiger partial charge < -0.3 is 20.5 Å². The molecule has 4 rings (SSSR count). The molecule has 0 radical (unpaired) electrons. The number of carbonyl (C=O) groups is 2. The zero-order valence-electron chi connectivity index (χ0n) is 21.6. The summed E-state index contributed by atoms with van der Waals surface area (Å²) >= 11 is 6.17. The van der Waals surface area contributed by atoms with Crippen molar-refractivity contribution in [3.8, 4) is 16.9 Å². The maximum atomic E-state index is 13.8. The second-order valence-corrected chi connectivity index (χ2v) is 10.0. The van der Waals surface area contributed by atoms with Gasteiger partial charge in [0.1, 0.15) is 18.4 Å². The molecule has 212 valence electrons. The van der Waals surface area contributed by atoms with Crippen molar-refractivity contribution in [2.75, 3.05) is 19.0 Å². The molecule has 8 nitrogen and oxygen atoms in total. The Morgan fingerprint density at radius 1 is 1.18 bits per heavy atom. The van der Waals surface area contributed by atoms with Crippen molar-refractivity contribution in [2.24, 2.45) is 11.7 Å². The van der Waals surface area contributed by atoms with Gasteiger partial charge in [0.15, 0.2) is 0 Å². The van der Waals surface area contributed by atoms with Crippen LogP contribution in [0.4, 0.5) is 18.9 Å². The quantitative estimate of drug-likeness (QED) is 0.411. The van der Waals surface area contributed by atoms with E-state index in [4.69, 9.17) is 26.8 Å². The molecule has 3 unspecified atom stereocenters. The maximum absolute atomic E-state index is 13.8. The highest BCUT2D eigenvalue weighted by molar-refractivity contribution is 6.30. The van der Waals surface area contributed by atoms with Crippen LogP contribution in [-0.2, 0) is 16.0 Å². The third kappa shape index (κ3) is 6.48. The fourth-order valence-electron chi connectivity index (χ4n) is 4.50. The number of nitrogens with two attached hydrogens (primary N) is 1. The number of amides is 2. The van der Waals surface area contributed by atoms with Gasteiger partial charge in [-0.1, -0.05) is 17.7 Å². The first-order valence-corrected chi connectivity index (χ1v) is 12.7. The molecule has 1 aromatic heterocycles. The summed E-state index contributed by atoms with van der Waals surface area (Å²) in [5, 5.41) is 2.99. The number of ether oxygens (including phenoxy) is 2. The van der Waals surface area contributed by atoms with Crippen LogP contribution in [0.5, 0.6) is 5.75 Å². The van der Waals surface area contributed by atoms with Gasteiger partial charge in [0.25, 0.3) is 5.56 Å². The van der Waals surface area contributed by atoms with E-state index in [1.54, 1.807) is 6.92 Å². The van der Waals surface area contributed by atoms with Gasteiger partial charge in [0.05, 0.1) is 18.2 Å². The summed E-state index contributed by atoms with van der Waals surface area (Å²) in [4.78, 5) is 38.2. The Morgan fingerprint density at radius 2 is 1.88 bits per heavy atom. The van der Waals surface area contributed by atoms with Crippen LogP contribution in [0.25, 0.3) is 11.1 Å². The number of benzene rings is 2. The summed E-state index contributed by atoms with van der Waals surface area (Å²) in [5.74, 6) is -3.00. The Labute approximate surface area is 232 Å². The van der Waals surface area contributed by atoms with Crippen LogP contribution >= 0.6 is 11.6 Å². The van der Waals surface area contributed by atoms with Crippen molar-refractivity contribution in [3.05, 3.63) is 81.2 Å². The number of anilines is 1. The fourth-order valence-corrected chi connectivity index (χ4v) is 4.67. The molecule has 0 saturated carbocycles. The fraction of sp³-hybridized carbons (Fsp3) is 0.321. The molecule has 40 heavy (non-hydrogen) atoms. The van der Waals surface area contributed by atoms with Gasteiger partial charge in [-0.2, -0.15) is 13.2 Å². The molecule has 0 fully saturated rings. The van der Waals surface area contributed by atoms with E-state index in [1.807, 2.05) is 0 Å². The second kappa shape index (κ2) is 11.7. The van der Waals surface area contributed by atoms with Crippen molar-refractivity contribution in [1.82, 2.24) is 4.57 Å². The molecule has 0 saturated heterocycles. The van der Waals surface area contributed by atoms with Crippen LogP contribution in [0, 0.1) is 5.92 Å². The lowest BCUT2D eigenvalue weighted by Crippen LogP contribution is -2.36. The molecule has 3 aromatic rings. The summed E-state index contributed by atoms with van der Waals surface area (Å²) in [6, 6.07) is 10.5. The standard InChI is InChI=1S/C28H27ClF3N3O5/c1-15(39-2)9-23(27(38)34-20-7-4-16(5-8-20)26(33)37)35-13-24-22(12-25(35)36)21-11-19(29)6-3-17(21)10-18(14-40-24)28(30,31)32/h3-8,11-13,15,18,23H,9-10,14H2,1-2H3,(H2,33,37)(H,34,38). The highest BCUT2D eigenvalue weighted by atomic mass is 35.5. The van der Waals surface area contributed by atoms with Crippen molar-refractivity contribution in [1.29, 1.82) is 0 Å². The van der Waals surface area contributed by atoms with Crippen LogP contribution in [0.2, 0.25) is 5.02 Å². The van der Waals surface area contributed by atoms with Crippen LogP contribution in [0.1, 0.15) is 35.3 Å². The molecular formula is C28H27ClF3N3O5. The van der Waals surface area contributed by atoms with Gasteiger partial charge in [-0.25, -0.2) is 0 Å². The number of methoxy groups -OCH3 is 1. The molecule has 0 aliphatic carbocycles. The lowest BCUT2D eigenvalue weighted by Gasteiger charge is -2.28. The van der Waals surface area contributed by atoms with E-state index >= 15 is 0 Å². The molecule has 1 aliphatic heterocycles. The Hall–Kier alpha value is -3.83. The lowest BCUT2D eigenvalue weighted by atomic mass is 9.91. The summed E-state index contributed by atoms with van der Waals surface area (Å²) < 4.78 is 53.5. The molecular weight excluding hydrogens is 551 g/mol. The first-order valence-electron chi connectivity index (χ1n) is 12.4. The third-order valence-electron chi connectivity index (χ3n) is 6.81. The Morgan fingerprint density at radius 3 is 2.50 bits per heavy atom. The topological polar surface area (TPSA) is 113 Å². The molecule has 12 heteroatoms. The van der Waals surface area contributed by atoms with E-state index in [9.17, 15) is 27.6 Å². The average molecular weight is 578 g/mol. The Balaban J connectivity index is 1.77. The van der Waals surface area contributed by atoms with Crippen molar-refractivity contribution in [2.45, 2.75) is 38.1 Å². The van der Waals surface area contributed by atoms with Crippen molar-refractivity contribution >= 4 is 29.1 Å². The number of fused-ring (bicyclic) bond motifs is 3. The third-order valence-corrected chi connectivity index (χ3v) is 7.04. The van der Waals surface area contributed by atoms with E-state index in [0.29, 0.717) is 16.8 Å². The number of aromatic nitrogens is 1. The maximum Gasteiger partial charge on any atom is 0.395 e. The molecule has 0 spiro atoms. The summed E-state index contributed by atoms with van der Waals surface area (Å²) in [7, 11) is 1.45. The summed E-state index contributed by atoms with van der Waals surface area (Å²) in [6.07, 6.45) is -4.01. The first-order chi connectivity index (χ1) is 18.9. The monoisotopic (exact) mass is 577 g/mol. The average Bonchev–Trinajstić information content (AvgIpc) is 2.89. The number of halogens is 4. The number of rotatable bonds is 7. The van der Waals surface area contributed by atoms with Gasteiger partial charge in [0.2, 0.25) is 11.8 Å². The summed E-state index contributed by atoms with van der Waals surface area (Å²) in [5.41, 5.74) is 6.28. The van der Waals surface area contributed by atoms with Crippen LogP contribution in [-0.4, -0.2) is 42.4 Å². The van der Waals surface area contributed by atoms with E-state index < -0.39 is 48.2 Å². The highest BCUT2D eigenvalue weighted by Crippen LogP contribution is 2.40. The zero-order chi connectivity index (χ0) is 29.2. The number of nitrogens with zero attached hydrogens (tertiary/aromatic N) is 1. The van der Waals surface area contributed by atoms with Gasteiger partial charge in [-0.3, -0.25) is 19.0 Å². The number of hydrogen-bond donors (Lipinski definition) is 2. The smallest absolute Gasteiger partial charge is 0.395 e. The molecule has 2 amide bonds. The van der Waals surface area contributed by atoms with E-state index in [-0.39, 0.29) is 34.7 Å². The van der Waals surface area contributed by atoms with Crippen LogP contribution in [0.3, 0.4) is 0 Å². The highest BCUT2D eigenvalue weighted by Gasteiger charge is 2.41. The minimum Gasteiger partial charge on any atom is -0.491 e. The zero-order valence-corrected chi connectivity index (χ0v) is 22.4. The minimum absolute atomic E-state index is 0.00532. The van der Waals surface area contributed by atoms with Crippen molar-refractivity contribution < 1.29 is 32.2 Å². The number of hydrogen-bond acceptors (Lipinski definition) is 5. The number of primary amides is 1. The summed E-state index contributed by atoms with van der Waals surface area (Å²) in [6.45, 7) is 1.04. The predicted octanol–water partition coefficient (Wildman–Crippen LogP) is 4.99. The molecule has 3 N–H and O–H groups in total. The number of nitrogens with one attached hydrogen (secondary N) is 1. The lowest BCUT2D eigenvalue weighted by molar-refractivity contribution is -0.181. The minimum atomic E-state index is -4.52. The molecule has 2 heterocycles. The van der Waals surface area contributed by atoms with Crippen LogP contribution < -0.4 is 21.3 Å². The van der Waals surface area contributed by atoms with E-state index in [1.165, 1.54) is 61.8 Å². The van der Waals surface area contributed by atoms with Gasteiger partial charge >= 0.3 is 6.18 Å². The van der Waals surface area contributed by atoms with Crippen molar-refractivity contribution in [3.63, 3.8) is 0 Å². The van der Waals surface area contributed by atoms with Gasteiger partial charge in [0, 0.05) is 41.4 Å². The van der Waals surface area contributed by atoms with E-state index in [2.05, 4.69) is 5.32 Å². The number of carbonyl (C=O) groups excluding carboxylic acids is 2. The van der Waals surface area contributed by atoms with E-state index in [0.717, 1.165) is 4.57 Å². The van der Waals surface area contributed by atoms with Gasteiger partial charge in [-0.05, 0) is 60.9 Å². The second-order valence-electron chi connectivity index (χ2n) is 9.58. The molecule has 1 aliphatic rings.